The number of carbonyl (C=O) groups is 2. The maximum atomic E-state index is 11.3. The van der Waals surface area contributed by atoms with Crippen LogP contribution in [0.2, 0.25) is 0 Å². The second kappa shape index (κ2) is 10.4. The molecule has 18 heavy (non-hydrogen) atoms. The van der Waals surface area contributed by atoms with Gasteiger partial charge in [0, 0.05) is 0 Å². The third-order valence-corrected chi connectivity index (χ3v) is 2.73. The molecule has 0 aromatic rings. The van der Waals surface area contributed by atoms with Crippen molar-refractivity contribution < 1.29 is 19.1 Å². The molecule has 0 bridgehead atoms. The van der Waals surface area contributed by atoms with E-state index >= 15 is 0 Å². The van der Waals surface area contributed by atoms with Gasteiger partial charge in [0.2, 0.25) is 0 Å². The highest BCUT2D eigenvalue weighted by atomic mass is 35.5. The summed E-state index contributed by atoms with van der Waals surface area (Å²) in [5, 5.41) is 0. The maximum absolute atomic E-state index is 11.3. The van der Waals surface area contributed by atoms with Gasteiger partial charge in [0.15, 0.2) is 0 Å². The molecule has 0 heterocycles. The van der Waals surface area contributed by atoms with Crippen LogP contribution in [-0.4, -0.2) is 30.0 Å². The average molecular weight is 299 g/mol. The van der Waals surface area contributed by atoms with Crippen LogP contribution in [0.4, 0.5) is 0 Å². The normalized spacial score (nSPS) is 12.3. The Bertz CT molecular complexity index is 256. The molecule has 0 spiro atoms. The molecule has 1 atom stereocenters. The van der Waals surface area contributed by atoms with E-state index in [1.165, 1.54) is 0 Å². The highest BCUT2D eigenvalue weighted by Gasteiger charge is 2.11. The Balaban J connectivity index is 3.55. The van der Waals surface area contributed by atoms with Crippen molar-refractivity contribution in [2.45, 2.75) is 44.4 Å². The predicted octanol–water partition coefficient (Wildman–Crippen LogP) is 3.09. The smallest absolute Gasteiger partial charge is 0.306 e. The first-order valence-electron chi connectivity index (χ1n) is 6.05. The lowest BCUT2D eigenvalue weighted by atomic mass is 10.1. The monoisotopic (exact) mass is 298 g/mol. The third-order valence-electron chi connectivity index (χ3n) is 2.47. The van der Waals surface area contributed by atoms with Crippen molar-refractivity contribution >= 4 is 35.1 Å². The van der Waals surface area contributed by atoms with Crippen molar-refractivity contribution in [1.29, 1.82) is 0 Å². The standard InChI is InChI=1S/C12H20Cl2O4/c1-3-9(2)6-7-17-11(15)4-5-12(16)18-8-10(13)14/h9-10H,3-8H2,1-2H3. The molecular formula is C12H20Cl2O4. The van der Waals surface area contributed by atoms with E-state index in [1.54, 1.807) is 0 Å². The maximum Gasteiger partial charge on any atom is 0.306 e. The molecule has 0 aliphatic rings. The second-order valence-corrected chi connectivity index (χ2v) is 5.37. The topological polar surface area (TPSA) is 52.6 Å². The lowest BCUT2D eigenvalue weighted by Gasteiger charge is -2.09. The molecule has 0 rings (SSSR count). The Morgan fingerprint density at radius 1 is 1.11 bits per heavy atom. The number of alkyl halides is 2. The highest BCUT2D eigenvalue weighted by molar-refractivity contribution is 6.44. The number of esters is 2. The van der Waals surface area contributed by atoms with Gasteiger partial charge in [-0.3, -0.25) is 9.59 Å². The molecule has 1 unspecified atom stereocenters. The molecule has 0 saturated heterocycles. The summed E-state index contributed by atoms with van der Waals surface area (Å²) in [5.41, 5.74) is 0. The van der Waals surface area contributed by atoms with Crippen molar-refractivity contribution in [2.24, 2.45) is 5.92 Å². The Labute approximate surface area is 118 Å². The molecular weight excluding hydrogens is 279 g/mol. The van der Waals surface area contributed by atoms with E-state index < -0.39 is 10.8 Å². The van der Waals surface area contributed by atoms with Crippen LogP contribution in [0.1, 0.15) is 39.5 Å². The van der Waals surface area contributed by atoms with Crippen molar-refractivity contribution in [1.82, 2.24) is 0 Å². The average Bonchev–Trinajstić information content (AvgIpc) is 2.33. The van der Waals surface area contributed by atoms with Gasteiger partial charge in [-0.25, -0.2) is 0 Å². The zero-order chi connectivity index (χ0) is 14.0. The molecule has 0 N–H and O–H groups in total. The van der Waals surface area contributed by atoms with E-state index in [2.05, 4.69) is 13.8 Å². The number of rotatable bonds is 9. The zero-order valence-corrected chi connectivity index (χ0v) is 12.3. The van der Waals surface area contributed by atoms with Gasteiger partial charge >= 0.3 is 11.9 Å². The lowest BCUT2D eigenvalue weighted by Crippen LogP contribution is -2.14. The van der Waals surface area contributed by atoms with Crippen LogP contribution in [0.3, 0.4) is 0 Å². The minimum Gasteiger partial charge on any atom is -0.466 e. The predicted molar refractivity (Wildman–Crippen MR) is 70.7 cm³/mol. The Morgan fingerprint density at radius 2 is 1.67 bits per heavy atom. The summed E-state index contributed by atoms with van der Waals surface area (Å²) in [5.74, 6) is -0.351. The fourth-order valence-corrected chi connectivity index (χ4v) is 1.21. The molecule has 0 radical (unpaired) electrons. The molecule has 6 heteroatoms. The van der Waals surface area contributed by atoms with Crippen molar-refractivity contribution in [3.8, 4) is 0 Å². The van der Waals surface area contributed by atoms with Gasteiger partial charge in [0.25, 0.3) is 0 Å². The Hall–Kier alpha value is -0.480. The number of halogens is 2. The van der Waals surface area contributed by atoms with Gasteiger partial charge in [0.05, 0.1) is 19.4 Å². The van der Waals surface area contributed by atoms with Crippen molar-refractivity contribution in [2.75, 3.05) is 13.2 Å². The van der Waals surface area contributed by atoms with Gasteiger partial charge in [0.1, 0.15) is 11.4 Å². The summed E-state index contributed by atoms with van der Waals surface area (Å²) in [6.07, 6.45) is 1.91. The quantitative estimate of drug-likeness (QED) is 0.485. The molecule has 0 fully saturated rings. The molecule has 106 valence electrons. The summed E-state index contributed by atoms with van der Waals surface area (Å²) >= 11 is 10.8. The van der Waals surface area contributed by atoms with E-state index in [0.29, 0.717) is 12.5 Å². The van der Waals surface area contributed by atoms with Gasteiger partial charge in [-0.2, -0.15) is 0 Å². The van der Waals surface area contributed by atoms with Crippen molar-refractivity contribution in [3.63, 3.8) is 0 Å². The molecule has 0 aliphatic carbocycles. The second-order valence-electron chi connectivity index (χ2n) is 4.10. The lowest BCUT2D eigenvalue weighted by molar-refractivity contribution is -0.150. The summed E-state index contributed by atoms with van der Waals surface area (Å²) in [7, 11) is 0. The van der Waals surface area contributed by atoms with Gasteiger partial charge in [-0.15, -0.1) is 23.2 Å². The van der Waals surface area contributed by atoms with E-state index in [9.17, 15) is 9.59 Å². The van der Waals surface area contributed by atoms with Crippen LogP contribution in [0.25, 0.3) is 0 Å². The molecule has 0 aromatic heterocycles. The molecule has 0 aliphatic heterocycles. The summed E-state index contributed by atoms with van der Waals surface area (Å²) < 4.78 is 9.70. The van der Waals surface area contributed by atoms with Crippen LogP contribution < -0.4 is 0 Å². The van der Waals surface area contributed by atoms with Gasteiger partial charge in [-0.1, -0.05) is 20.3 Å². The summed E-state index contributed by atoms with van der Waals surface area (Å²) in [4.78, 5) is 21.7. The van der Waals surface area contributed by atoms with Crippen LogP contribution in [0.15, 0.2) is 0 Å². The molecule has 0 amide bonds. The SMILES string of the molecule is CCC(C)CCOC(=O)CCC(=O)OCC(Cl)Cl. The first-order valence-corrected chi connectivity index (χ1v) is 6.92. The Kier molecular flexibility index (Phi) is 10.2. The van der Waals surface area contributed by atoms with Gasteiger partial charge < -0.3 is 9.47 Å². The fourth-order valence-electron chi connectivity index (χ4n) is 1.08. The minimum absolute atomic E-state index is 0.0112. The van der Waals surface area contributed by atoms with Crippen LogP contribution >= 0.6 is 23.2 Å². The zero-order valence-electron chi connectivity index (χ0n) is 10.8. The Morgan fingerprint density at radius 3 is 2.17 bits per heavy atom. The van der Waals surface area contributed by atoms with E-state index in [4.69, 9.17) is 32.7 Å². The van der Waals surface area contributed by atoms with E-state index in [-0.39, 0.29) is 25.4 Å². The number of carbonyl (C=O) groups excluding carboxylic acids is 2. The first-order chi connectivity index (χ1) is 8.45. The minimum atomic E-state index is -0.739. The molecule has 0 aromatic carbocycles. The van der Waals surface area contributed by atoms with Gasteiger partial charge in [-0.05, 0) is 12.3 Å². The number of hydrogen-bond acceptors (Lipinski definition) is 4. The van der Waals surface area contributed by atoms with E-state index in [1.807, 2.05) is 0 Å². The van der Waals surface area contributed by atoms with Crippen LogP contribution in [0, 0.1) is 5.92 Å². The number of ether oxygens (including phenoxy) is 2. The van der Waals surface area contributed by atoms with Crippen LogP contribution in [-0.2, 0) is 19.1 Å². The number of hydrogen-bond donors (Lipinski definition) is 0. The first kappa shape index (κ1) is 17.5. The van der Waals surface area contributed by atoms with Crippen molar-refractivity contribution in [3.05, 3.63) is 0 Å². The highest BCUT2D eigenvalue weighted by Crippen LogP contribution is 2.07. The molecule has 0 saturated carbocycles. The fraction of sp³-hybridized carbons (Fsp3) is 0.833. The third kappa shape index (κ3) is 10.7. The summed E-state index contributed by atoms with van der Waals surface area (Å²) in [6, 6.07) is 0. The largest absolute Gasteiger partial charge is 0.466 e. The summed E-state index contributed by atoms with van der Waals surface area (Å²) in [6.45, 7) is 4.52. The molecule has 4 nitrogen and oxygen atoms in total. The van der Waals surface area contributed by atoms with Crippen LogP contribution in [0.5, 0.6) is 0 Å². The van der Waals surface area contributed by atoms with E-state index in [0.717, 1.165) is 12.8 Å².